The van der Waals surface area contributed by atoms with Gasteiger partial charge < -0.3 is 4.74 Å². The number of nitrogens with one attached hydrogen (secondary N) is 1. The van der Waals surface area contributed by atoms with Gasteiger partial charge in [-0.3, -0.25) is 10.3 Å². The van der Waals surface area contributed by atoms with Crippen molar-refractivity contribution >= 4 is 33.2 Å². The van der Waals surface area contributed by atoms with Crippen molar-refractivity contribution in [2.24, 2.45) is 4.99 Å². The molecule has 2 atom stereocenters. The van der Waals surface area contributed by atoms with E-state index in [1.54, 1.807) is 7.11 Å². The van der Waals surface area contributed by atoms with Crippen LogP contribution in [0.15, 0.2) is 82.3 Å². The van der Waals surface area contributed by atoms with Crippen molar-refractivity contribution in [3.05, 3.63) is 99.0 Å². The van der Waals surface area contributed by atoms with Gasteiger partial charge in [0.25, 0.3) is 0 Å². The fourth-order valence-corrected chi connectivity index (χ4v) is 3.94. The minimum absolute atomic E-state index is 0.132. The molecule has 0 bridgehead atoms. The van der Waals surface area contributed by atoms with Crippen molar-refractivity contribution < 1.29 is 4.74 Å². The first-order valence-corrected chi connectivity index (χ1v) is 10.3. The minimum Gasteiger partial charge on any atom is -0.497 e. The topological polar surface area (TPSA) is 33.6 Å². The second-order valence-electron chi connectivity index (χ2n) is 6.74. The van der Waals surface area contributed by atoms with Crippen LogP contribution in [0.2, 0.25) is 5.02 Å². The van der Waals surface area contributed by atoms with Gasteiger partial charge in [-0.1, -0.05) is 63.9 Å². The Labute approximate surface area is 178 Å². The Morgan fingerprint density at radius 3 is 2.39 bits per heavy atom. The van der Waals surface area contributed by atoms with Crippen molar-refractivity contribution in [3.8, 4) is 5.75 Å². The van der Waals surface area contributed by atoms with Crippen LogP contribution >= 0.6 is 27.5 Å². The summed E-state index contributed by atoms with van der Waals surface area (Å²) in [6.07, 6.45) is 0.680. The van der Waals surface area contributed by atoms with E-state index in [0.717, 1.165) is 38.5 Å². The zero-order valence-electron chi connectivity index (χ0n) is 15.4. The van der Waals surface area contributed by atoms with Crippen LogP contribution in [-0.2, 0) is 0 Å². The molecule has 0 aliphatic carbocycles. The molecule has 0 saturated carbocycles. The molecule has 4 rings (SSSR count). The van der Waals surface area contributed by atoms with E-state index in [0.29, 0.717) is 0 Å². The van der Waals surface area contributed by atoms with Gasteiger partial charge in [0.15, 0.2) is 0 Å². The Hall–Kier alpha value is -2.14. The normalized spacial score (nSPS) is 19.2. The number of ether oxygens (including phenoxy) is 1. The Kier molecular flexibility index (Phi) is 5.81. The highest BCUT2D eigenvalue weighted by molar-refractivity contribution is 9.10. The Bertz CT molecular complexity index is 986. The average molecular weight is 456 g/mol. The largest absolute Gasteiger partial charge is 0.497 e. The summed E-state index contributed by atoms with van der Waals surface area (Å²) < 4.78 is 6.35. The lowest BCUT2D eigenvalue weighted by Crippen LogP contribution is -2.33. The predicted molar refractivity (Wildman–Crippen MR) is 118 cm³/mol. The maximum Gasteiger partial charge on any atom is 0.126 e. The number of hydrogen-bond donors (Lipinski definition) is 1. The summed E-state index contributed by atoms with van der Waals surface area (Å²) in [5, 5.41) is 4.40. The molecule has 3 nitrogen and oxygen atoms in total. The molecule has 3 aromatic rings. The molecular formula is C23H20BrClN2O. The second kappa shape index (κ2) is 8.48. The second-order valence-corrected chi connectivity index (χ2v) is 8.09. The fraction of sp³-hybridized carbons (Fsp3) is 0.174. The van der Waals surface area contributed by atoms with Gasteiger partial charge in [-0.15, -0.1) is 0 Å². The zero-order chi connectivity index (χ0) is 19.5. The van der Waals surface area contributed by atoms with E-state index < -0.39 is 0 Å². The van der Waals surface area contributed by atoms with E-state index in [1.807, 2.05) is 48.5 Å². The molecule has 0 saturated heterocycles. The van der Waals surface area contributed by atoms with Crippen LogP contribution in [0.5, 0.6) is 5.75 Å². The summed E-state index contributed by atoms with van der Waals surface area (Å²) in [6, 6.07) is 24.5. The summed E-state index contributed by atoms with van der Waals surface area (Å²) in [5.41, 5.74) is 4.52. The lowest BCUT2D eigenvalue weighted by molar-refractivity contribution is 0.413. The number of halogens is 2. The van der Waals surface area contributed by atoms with Gasteiger partial charge in [0, 0.05) is 27.7 Å². The highest BCUT2D eigenvalue weighted by Crippen LogP contribution is 2.32. The third-order valence-electron chi connectivity index (χ3n) is 4.90. The van der Waals surface area contributed by atoms with Gasteiger partial charge in [0.1, 0.15) is 11.9 Å². The summed E-state index contributed by atoms with van der Waals surface area (Å²) in [7, 11) is 1.68. The first-order chi connectivity index (χ1) is 13.6. The smallest absolute Gasteiger partial charge is 0.126 e. The molecule has 3 aromatic carbocycles. The molecule has 0 aromatic heterocycles. The van der Waals surface area contributed by atoms with E-state index in [1.165, 1.54) is 5.56 Å². The van der Waals surface area contributed by atoms with Crippen LogP contribution in [0.25, 0.3) is 0 Å². The SMILES string of the molecule is COc1ccc([C@@H]2CC(c3cccc(Br)c3)=N[C@H](c3ccc(Cl)cc3)N2)cc1. The van der Waals surface area contributed by atoms with Crippen molar-refractivity contribution in [2.45, 2.75) is 18.6 Å². The summed E-state index contributed by atoms with van der Waals surface area (Å²) >= 11 is 9.65. The number of benzene rings is 3. The molecule has 142 valence electrons. The minimum atomic E-state index is -0.132. The maximum absolute atomic E-state index is 6.07. The van der Waals surface area contributed by atoms with Crippen LogP contribution in [-0.4, -0.2) is 12.8 Å². The Balaban J connectivity index is 1.71. The lowest BCUT2D eigenvalue weighted by atomic mass is 9.94. The van der Waals surface area contributed by atoms with Gasteiger partial charge >= 0.3 is 0 Å². The maximum atomic E-state index is 6.07. The highest BCUT2D eigenvalue weighted by atomic mass is 79.9. The first kappa shape index (κ1) is 19.2. The molecule has 5 heteroatoms. The number of hydrogen-bond acceptors (Lipinski definition) is 3. The summed E-state index contributed by atoms with van der Waals surface area (Å²) in [4.78, 5) is 5.02. The molecule has 0 radical (unpaired) electrons. The zero-order valence-corrected chi connectivity index (χ0v) is 17.7. The van der Waals surface area contributed by atoms with Gasteiger partial charge in [0.05, 0.1) is 7.11 Å². The molecule has 0 unspecified atom stereocenters. The number of aliphatic imine (C=N–C) groups is 1. The standard InChI is InChI=1S/C23H20BrClN2O/c1-28-20-11-7-15(8-12-20)21-14-22(17-3-2-4-18(24)13-17)27-23(26-21)16-5-9-19(25)10-6-16/h2-13,21,23,26H,14H2,1H3/t21-,23+/m0/s1. The molecule has 0 amide bonds. The molecule has 1 aliphatic heterocycles. The molecule has 0 fully saturated rings. The van der Waals surface area contributed by atoms with Crippen LogP contribution in [0.4, 0.5) is 0 Å². The number of methoxy groups -OCH3 is 1. The van der Waals surface area contributed by atoms with Crippen molar-refractivity contribution in [3.63, 3.8) is 0 Å². The van der Waals surface area contributed by atoms with Gasteiger partial charge in [0.2, 0.25) is 0 Å². The quantitative estimate of drug-likeness (QED) is 0.498. The highest BCUT2D eigenvalue weighted by Gasteiger charge is 2.26. The molecule has 28 heavy (non-hydrogen) atoms. The molecule has 0 spiro atoms. The fourth-order valence-electron chi connectivity index (χ4n) is 3.42. The molecule has 1 heterocycles. The van der Waals surface area contributed by atoms with E-state index in [-0.39, 0.29) is 12.2 Å². The van der Waals surface area contributed by atoms with Crippen LogP contribution < -0.4 is 10.1 Å². The van der Waals surface area contributed by atoms with Crippen LogP contribution in [0.3, 0.4) is 0 Å². The molecule has 1 aliphatic rings. The van der Waals surface area contributed by atoms with Gasteiger partial charge in [-0.25, -0.2) is 0 Å². The average Bonchev–Trinajstić information content (AvgIpc) is 2.74. The summed E-state index contributed by atoms with van der Waals surface area (Å²) in [5.74, 6) is 0.856. The van der Waals surface area contributed by atoms with Crippen LogP contribution in [0.1, 0.15) is 35.3 Å². The van der Waals surface area contributed by atoms with Gasteiger partial charge in [-0.2, -0.15) is 0 Å². The number of nitrogens with zero attached hydrogens (tertiary/aromatic N) is 1. The Morgan fingerprint density at radius 2 is 1.71 bits per heavy atom. The van der Waals surface area contributed by atoms with Crippen molar-refractivity contribution in [1.29, 1.82) is 0 Å². The van der Waals surface area contributed by atoms with E-state index >= 15 is 0 Å². The van der Waals surface area contributed by atoms with E-state index in [9.17, 15) is 0 Å². The first-order valence-electron chi connectivity index (χ1n) is 9.10. The molecule has 1 N–H and O–H groups in total. The monoisotopic (exact) mass is 454 g/mol. The van der Waals surface area contributed by atoms with E-state index in [2.05, 4.69) is 45.5 Å². The Morgan fingerprint density at radius 1 is 1.00 bits per heavy atom. The number of rotatable bonds is 4. The van der Waals surface area contributed by atoms with Crippen molar-refractivity contribution in [1.82, 2.24) is 5.32 Å². The van der Waals surface area contributed by atoms with E-state index in [4.69, 9.17) is 21.3 Å². The summed E-state index contributed by atoms with van der Waals surface area (Å²) in [6.45, 7) is 0. The predicted octanol–water partition coefficient (Wildman–Crippen LogP) is 6.33. The molecular weight excluding hydrogens is 436 g/mol. The lowest BCUT2D eigenvalue weighted by Gasteiger charge is -2.30. The third-order valence-corrected chi connectivity index (χ3v) is 5.65. The van der Waals surface area contributed by atoms with Gasteiger partial charge in [-0.05, 0) is 53.1 Å². The van der Waals surface area contributed by atoms with Crippen LogP contribution in [0, 0.1) is 0 Å². The van der Waals surface area contributed by atoms with Crippen molar-refractivity contribution in [2.75, 3.05) is 7.11 Å². The third kappa shape index (κ3) is 4.30.